The molecule has 0 N–H and O–H groups in total. The lowest BCUT2D eigenvalue weighted by Crippen LogP contribution is -2.65. The van der Waals surface area contributed by atoms with Crippen LogP contribution in [0.1, 0.15) is 57.4 Å². The predicted octanol–water partition coefficient (Wildman–Crippen LogP) is 3.26. The highest BCUT2D eigenvalue weighted by Gasteiger charge is 2.51. The van der Waals surface area contributed by atoms with E-state index in [0.717, 1.165) is 51.5 Å². The van der Waals surface area contributed by atoms with E-state index < -0.39 is 5.54 Å². The Morgan fingerprint density at radius 1 is 1.22 bits per heavy atom. The quantitative estimate of drug-likeness (QED) is 0.716. The highest BCUT2D eigenvalue weighted by atomic mass is 16.5. The molecule has 2 aliphatic rings. The van der Waals surface area contributed by atoms with Crippen molar-refractivity contribution in [3.8, 4) is 0 Å². The van der Waals surface area contributed by atoms with Crippen molar-refractivity contribution in [2.75, 3.05) is 39.3 Å². The van der Waals surface area contributed by atoms with Gasteiger partial charge in [-0.05, 0) is 51.3 Å². The van der Waals surface area contributed by atoms with Gasteiger partial charge in [0.1, 0.15) is 5.69 Å². The van der Waals surface area contributed by atoms with E-state index >= 15 is 0 Å². The summed E-state index contributed by atoms with van der Waals surface area (Å²) >= 11 is 0. The molecule has 0 spiro atoms. The third-order valence-corrected chi connectivity index (χ3v) is 6.05. The molecule has 0 unspecified atom stereocenters. The lowest BCUT2D eigenvalue weighted by molar-refractivity contribution is -0.113. The van der Waals surface area contributed by atoms with Gasteiger partial charge in [0.05, 0.1) is 11.1 Å². The molecule has 5 nitrogen and oxygen atoms in total. The molecule has 5 heteroatoms. The van der Waals surface area contributed by atoms with E-state index in [1.807, 2.05) is 18.2 Å². The van der Waals surface area contributed by atoms with Crippen LogP contribution in [0.4, 0.5) is 0 Å². The molecule has 0 saturated carbocycles. The van der Waals surface area contributed by atoms with E-state index in [-0.39, 0.29) is 11.4 Å². The van der Waals surface area contributed by atoms with E-state index in [1.165, 1.54) is 6.42 Å². The van der Waals surface area contributed by atoms with Crippen LogP contribution in [0.15, 0.2) is 24.4 Å². The topological polar surface area (TPSA) is 45.7 Å². The molecule has 1 aromatic rings. The lowest BCUT2D eigenvalue weighted by Gasteiger charge is -2.52. The fourth-order valence-corrected chi connectivity index (χ4v) is 4.52. The SMILES string of the molecule is CC(C)CCN1CCN([C@]2(C(=O)c3ccccn3)CCOC(C)(C)C2)CC1. The molecule has 1 aromatic heterocycles. The largest absolute Gasteiger partial charge is 0.375 e. The minimum absolute atomic E-state index is 0.162. The number of Topliss-reactive ketones (excluding diaryl/α,β-unsaturated/α-hetero) is 1. The van der Waals surface area contributed by atoms with E-state index in [0.29, 0.717) is 12.3 Å². The number of hydrogen-bond acceptors (Lipinski definition) is 5. The molecular weight excluding hydrogens is 338 g/mol. The Balaban J connectivity index is 1.78. The van der Waals surface area contributed by atoms with Gasteiger partial charge >= 0.3 is 0 Å². The first kappa shape index (κ1) is 20.4. The minimum atomic E-state index is -0.500. The number of piperazine rings is 1. The highest BCUT2D eigenvalue weighted by Crippen LogP contribution is 2.39. The van der Waals surface area contributed by atoms with E-state index in [9.17, 15) is 4.79 Å². The molecule has 0 bridgehead atoms. The summed E-state index contributed by atoms with van der Waals surface area (Å²) in [6.07, 6.45) is 4.42. The van der Waals surface area contributed by atoms with Crippen molar-refractivity contribution >= 4 is 5.78 Å². The molecule has 2 saturated heterocycles. The molecule has 0 amide bonds. The number of carbonyl (C=O) groups is 1. The van der Waals surface area contributed by atoms with Crippen molar-refractivity contribution in [1.29, 1.82) is 0 Å². The molecule has 0 aliphatic carbocycles. The Bertz CT molecular complexity index is 624. The number of nitrogens with zero attached hydrogens (tertiary/aromatic N) is 3. The maximum atomic E-state index is 13.6. The van der Waals surface area contributed by atoms with Crippen molar-refractivity contribution < 1.29 is 9.53 Å². The van der Waals surface area contributed by atoms with Crippen LogP contribution in [-0.4, -0.2) is 71.0 Å². The van der Waals surface area contributed by atoms with Crippen molar-refractivity contribution in [2.45, 2.75) is 58.1 Å². The predicted molar refractivity (Wildman–Crippen MR) is 108 cm³/mol. The van der Waals surface area contributed by atoms with Crippen LogP contribution in [-0.2, 0) is 4.74 Å². The van der Waals surface area contributed by atoms with Crippen LogP contribution in [0.2, 0.25) is 0 Å². The first-order chi connectivity index (χ1) is 12.8. The number of carbonyl (C=O) groups excluding carboxylic acids is 1. The second-order valence-electron chi connectivity index (χ2n) is 9.12. The Hall–Kier alpha value is -1.30. The van der Waals surface area contributed by atoms with Gasteiger partial charge in [0.15, 0.2) is 0 Å². The first-order valence-corrected chi connectivity index (χ1v) is 10.4. The summed E-state index contributed by atoms with van der Waals surface area (Å²) in [4.78, 5) is 23.0. The van der Waals surface area contributed by atoms with Crippen LogP contribution in [0.5, 0.6) is 0 Å². The standard InChI is InChI=1S/C22H35N3O2/c1-18(2)8-11-24-12-14-25(15-13-24)22(9-16-27-21(3,4)17-22)20(26)19-7-5-6-10-23-19/h5-7,10,18H,8-9,11-17H2,1-4H3/t22-/m1/s1. The lowest BCUT2D eigenvalue weighted by atomic mass is 9.75. The van der Waals surface area contributed by atoms with Crippen molar-refractivity contribution in [3.05, 3.63) is 30.1 Å². The second-order valence-corrected chi connectivity index (χ2v) is 9.12. The third kappa shape index (κ3) is 4.76. The van der Waals surface area contributed by atoms with Crippen LogP contribution >= 0.6 is 0 Å². The van der Waals surface area contributed by atoms with E-state index in [2.05, 4.69) is 42.5 Å². The highest BCUT2D eigenvalue weighted by molar-refractivity contribution is 6.02. The van der Waals surface area contributed by atoms with E-state index in [4.69, 9.17) is 4.74 Å². The number of ether oxygens (including phenoxy) is 1. The number of ketones is 1. The number of pyridine rings is 1. The Morgan fingerprint density at radius 2 is 1.96 bits per heavy atom. The molecule has 27 heavy (non-hydrogen) atoms. The molecule has 1 atom stereocenters. The van der Waals surface area contributed by atoms with Gasteiger partial charge in [-0.15, -0.1) is 0 Å². The maximum absolute atomic E-state index is 13.6. The van der Waals surface area contributed by atoms with Gasteiger partial charge in [0.2, 0.25) is 5.78 Å². The summed E-state index contributed by atoms with van der Waals surface area (Å²) in [5.74, 6) is 0.895. The molecule has 3 heterocycles. The molecule has 2 aliphatic heterocycles. The van der Waals surface area contributed by atoms with Crippen LogP contribution in [0.3, 0.4) is 0 Å². The zero-order valence-electron chi connectivity index (χ0n) is 17.4. The molecule has 3 rings (SSSR count). The van der Waals surface area contributed by atoms with Gasteiger partial charge in [0.25, 0.3) is 0 Å². The maximum Gasteiger partial charge on any atom is 0.201 e. The normalized spacial score (nSPS) is 27.0. The average Bonchev–Trinajstić information content (AvgIpc) is 2.66. The Labute approximate surface area is 164 Å². The Morgan fingerprint density at radius 3 is 2.56 bits per heavy atom. The monoisotopic (exact) mass is 373 g/mol. The van der Waals surface area contributed by atoms with Crippen molar-refractivity contribution in [2.24, 2.45) is 5.92 Å². The minimum Gasteiger partial charge on any atom is -0.375 e. The summed E-state index contributed by atoms with van der Waals surface area (Å²) in [5, 5.41) is 0. The van der Waals surface area contributed by atoms with Gasteiger partial charge in [-0.25, -0.2) is 0 Å². The van der Waals surface area contributed by atoms with Gasteiger partial charge in [-0.1, -0.05) is 19.9 Å². The molecular formula is C22H35N3O2. The summed E-state index contributed by atoms with van der Waals surface area (Å²) in [7, 11) is 0. The number of aromatic nitrogens is 1. The molecule has 0 radical (unpaired) electrons. The molecule has 2 fully saturated rings. The van der Waals surface area contributed by atoms with Gasteiger partial charge in [-0.3, -0.25) is 14.7 Å². The summed E-state index contributed by atoms with van der Waals surface area (Å²) < 4.78 is 5.97. The summed E-state index contributed by atoms with van der Waals surface area (Å²) in [6, 6.07) is 5.62. The average molecular weight is 374 g/mol. The first-order valence-electron chi connectivity index (χ1n) is 10.4. The fraction of sp³-hybridized carbons (Fsp3) is 0.727. The smallest absolute Gasteiger partial charge is 0.201 e. The third-order valence-electron chi connectivity index (χ3n) is 6.05. The van der Waals surface area contributed by atoms with Crippen molar-refractivity contribution in [1.82, 2.24) is 14.8 Å². The number of rotatable bonds is 6. The van der Waals surface area contributed by atoms with Crippen molar-refractivity contribution in [3.63, 3.8) is 0 Å². The Kier molecular flexibility index (Phi) is 6.34. The zero-order valence-corrected chi connectivity index (χ0v) is 17.4. The van der Waals surface area contributed by atoms with Crippen LogP contribution in [0.25, 0.3) is 0 Å². The number of hydrogen-bond donors (Lipinski definition) is 0. The zero-order chi connectivity index (χ0) is 19.5. The summed E-state index contributed by atoms with van der Waals surface area (Å²) in [6.45, 7) is 14.5. The van der Waals surface area contributed by atoms with Gasteiger partial charge < -0.3 is 9.64 Å². The second kappa shape index (κ2) is 8.38. The van der Waals surface area contributed by atoms with Gasteiger partial charge in [-0.2, -0.15) is 0 Å². The molecule has 150 valence electrons. The fourth-order valence-electron chi connectivity index (χ4n) is 4.52. The molecule has 0 aromatic carbocycles. The summed E-state index contributed by atoms with van der Waals surface area (Å²) in [5.41, 5.74) is -0.213. The van der Waals surface area contributed by atoms with Gasteiger partial charge in [0, 0.05) is 45.4 Å². The van der Waals surface area contributed by atoms with E-state index in [1.54, 1.807) is 6.20 Å². The van der Waals surface area contributed by atoms with Crippen LogP contribution < -0.4 is 0 Å². The van der Waals surface area contributed by atoms with Crippen LogP contribution in [0, 0.1) is 5.92 Å².